The third-order valence-electron chi connectivity index (χ3n) is 3.96. The highest BCUT2D eigenvalue weighted by molar-refractivity contribution is 4.91. The predicted molar refractivity (Wildman–Crippen MR) is 68.6 cm³/mol. The molecule has 0 bridgehead atoms. The zero-order valence-electron chi connectivity index (χ0n) is 12.0. The van der Waals surface area contributed by atoms with Crippen molar-refractivity contribution in [2.24, 2.45) is 0 Å². The van der Waals surface area contributed by atoms with Crippen molar-refractivity contribution >= 4 is 0 Å². The average molecular weight is 342 g/mol. The van der Waals surface area contributed by atoms with Crippen molar-refractivity contribution in [2.75, 3.05) is 13.2 Å². The Kier molecular flexibility index (Phi) is 6.27. The monoisotopic (exact) mass is 342 g/mol. The SMILES string of the molecule is OC[C@@H]1O[C@@H](OC[C@H]2O[C@@H](O)[C@H](O)[C@@H](O)[C@@H]2O)[C@@H](O)[C@@H](O)[C@@H]1O. The molecule has 0 spiro atoms. The maximum Gasteiger partial charge on any atom is 0.186 e. The Labute approximate surface area is 130 Å². The third kappa shape index (κ3) is 3.81. The molecule has 11 heteroatoms. The fraction of sp³-hybridized carbons (Fsp3) is 1.00. The Bertz CT molecular complexity index is 380. The van der Waals surface area contributed by atoms with E-state index in [2.05, 4.69) is 0 Å². The van der Waals surface area contributed by atoms with E-state index in [1.807, 2.05) is 0 Å². The van der Waals surface area contributed by atoms with Crippen molar-refractivity contribution in [1.29, 1.82) is 0 Å². The number of aliphatic hydroxyl groups is 8. The molecule has 2 fully saturated rings. The van der Waals surface area contributed by atoms with Crippen LogP contribution in [0.3, 0.4) is 0 Å². The van der Waals surface area contributed by atoms with E-state index >= 15 is 0 Å². The molecule has 2 saturated heterocycles. The Balaban J connectivity index is 1.94. The standard InChI is InChI=1S/C12H22O11/c13-1-3-5(14)8(17)10(19)12(23-3)21-2-4-6(15)7(16)9(18)11(20)22-4/h3-20H,1-2H2/t3-,4+,5+,6+,7-,8-,9+,10-,11+,12+/m0/s1. The van der Waals surface area contributed by atoms with Crippen molar-refractivity contribution in [1.82, 2.24) is 0 Å². The second kappa shape index (κ2) is 7.63. The van der Waals surface area contributed by atoms with Gasteiger partial charge in [-0.1, -0.05) is 0 Å². The quantitative estimate of drug-likeness (QED) is 0.243. The summed E-state index contributed by atoms with van der Waals surface area (Å²) in [5.74, 6) is 0. The van der Waals surface area contributed by atoms with Gasteiger partial charge in [-0.05, 0) is 0 Å². The summed E-state index contributed by atoms with van der Waals surface area (Å²) < 4.78 is 15.1. The number of hydrogen-bond donors (Lipinski definition) is 8. The molecule has 10 atom stereocenters. The highest BCUT2D eigenvalue weighted by Gasteiger charge is 2.46. The number of rotatable bonds is 4. The molecule has 136 valence electrons. The van der Waals surface area contributed by atoms with Crippen LogP contribution in [0.15, 0.2) is 0 Å². The van der Waals surface area contributed by atoms with E-state index in [-0.39, 0.29) is 0 Å². The molecule has 2 aliphatic heterocycles. The minimum Gasteiger partial charge on any atom is -0.394 e. The molecule has 0 aromatic heterocycles. The van der Waals surface area contributed by atoms with E-state index in [0.717, 1.165) is 0 Å². The second-order valence-electron chi connectivity index (χ2n) is 5.57. The van der Waals surface area contributed by atoms with Gasteiger partial charge in [0.15, 0.2) is 12.6 Å². The zero-order chi connectivity index (χ0) is 17.3. The van der Waals surface area contributed by atoms with Crippen LogP contribution >= 0.6 is 0 Å². The van der Waals surface area contributed by atoms with Crippen LogP contribution in [0.5, 0.6) is 0 Å². The van der Waals surface area contributed by atoms with Gasteiger partial charge in [-0.2, -0.15) is 0 Å². The van der Waals surface area contributed by atoms with Gasteiger partial charge in [-0.3, -0.25) is 0 Å². The highest BCUT2D eigenvalue weighted by Crippen LogP contribution is 2.24. The fourth-order valence-corrected chi connectivity index (χ4v) is 2.46. The van der Waals surface area contributed by atoms with Crippen LogP contribution in [0, 0.1) is 0 Å². The van der Waals surface area contributed by atoms with Gasteiger partial charge in [0.2, 0.25) is 0 Å². The van der Waals surface area contributed by atoms with Gasteiger partial charge >= 0.3 is 0 Å². The smallest absolute Gasteiger partial charge is 0.186 e. The molecule has 2 aliphatic rings. The first-order chi connectivity index (χ1) is 10.8. The molecule has 0 saturated carbocycles. The van der Waals surface area contributed by atoms with Crippen LogP contribution in [-0.4, -0.2) is 115 Å². The number of hydrogen-bond acceptors (Lipinski definition) is 11. The largest absolute Gasteiger partial charge is 0.394 e. The lowest BCUT2D eigenvalue weighted by molar-refractivity contribution is -0.325. The molecule has 11 nitrogen and oxygen atoms in total. The van der Waals surface area contributed by atoms with Gasteiger partial charge in [0.1, 0.15) is 48.8 Å². The van der Waals surface area contributed by atoms with Crippen molar-refractivity contribution in [3.05, 3.63) is 0 Å². The topological polar surface area (TPSA) is 190 Å². The summed E-state index contributed by atoms with van der Waals surface area (Å²) in [6, 6.07) is 0. The third-order valence-corrected chi connectivity index (χ3v) is 3.96. The zero-order valence-corrected chi connectivity index (χ0v) is 12.0. The van der Waals surface area contributed by atoms with E-state index < -0.39 is 74.6 Å². The molecular weight excluding hydrogens is 320 g/mol. The van der Waals surface area contributed by atoms with Crippen molar-refractivity contribution in [2.45, 2.75) is 61.4 Å². The van der Waals surface area contributed by atoms with Crippen LogP contribution in [-0.2, 0) is 14.2 Å². The van der Waals surface area contributed by atoms with Crippen molar-refractivity contribution < 1.29 is 55.1 Å². The van der Waals surface area contributed by atoms with Crippen LogP contribution < -0.4 is 0 Å². The van der Waals surface area contributed by atoms with Crippen molar-refractivity contribution in [3.8, 4) is 0 Å². The van der Waals surface area contributed by atoms with Crippen molar-refractivity contribution in [3.63, 3.8) is 0 Å². The minimum absolute atomic E-state index is 0.468. The maximum absolute atomic E-state index is 9.78. The molecule has 0 aromatic rings. The lowest BCUT2D eigenvalue weighted by Crippen LogP contribution is -2.61. The summed E-state index contributed by atoms with van der Waals surface area (Å²) in [4.78, 5) is 0. The van der Waals surface area contributed by atoms with E-state index in [1.54, 1.807) is 0 Å². The summed E-state index contributed by atoms with van der Waals surface area (Å²) in [6.45, 7) is -1.10. The first-order valence-corrected chi connectivity index (χ1v) is 7.07. The Hall–Kier alpha value is -0.440. The number of ether oxygens (including phenoxy) is 3. The van der Waals surface area contributed by atoms with Crippen LogP contribution in [0.1, 0.15) is 0 Å². The summed E-state index contributed by atoms with van der Waals surface area (Å²) in [7, 11) is 0. The van der Waals surface area contributed by atoms with Gasteiger partial charge in [-0.15, -0.1) is 0 Å². The molecule has 0 unspecified atom stereocenters. The van der Waals surface area contributed by atoms with E-state index in [9.17, 15) is 35.7 Å². The Morgan fingerprint density at radius 1 is 0.652 bits per heavy atom. The van der Waals surface area contributed by atoms with Gasteiger partial charge in [0, 0.05) is 0 Å². The molecule has 0 aromatic carbocycles. The highest BCUT2D eigenvalue weighted by atomic mass is 16.7. The lowest BCUT2D eigenvalue weighted by Gasteiger charge is -2.41. The summed E-state index contributed by atoms with van der Waals surface area (Å²) in [5.41, 5.74) is 0. The summed E-state index contributed by atoms with van der Waals surface area (Å²) in [5, 5.41) is 76.1. The molecule has 0 amide bonds. The van der Waals surface area contributed by atoms with Gasteiger partial charge in [-0.25, -0.2) is 0 Å². The average Bonchev–Trinajstić information content (AvgIpc) is 2.54. The van der Waals surface area contributed by atoms with Crippen LogP contribution in [0.2, 0.25) is 0 Å². The normalized spacial score (nSPS) is 51.7. The van der Waals surface area contributed by atoms with Crippen LogP contribution in [0.4, 0.5) is 0 Å². The molecular formula is C12H22O11. The minimum atomic E-state index is -1.74. The fourth-order valence-electron chi connectivity index (χ4n) is 2.46. The van der Waals surface area contributed by atoms with E-state index in [0.29, 0.717) is 0 Å². The number of aliphatic hydroxyl groups excluding tert-OH is 8. The maximum atomic E-state index is 9.78. The molecule has 23 heavy (non-hydrogen) atoms. The first kappa shape index (κ1) is 18.9. The molecule has 2 rings (SSSR count). The molecule has 8 N–H and O–H groups in total. The summed E-state index contributed by atoms with van der Waals surface area (Å²) >= 11 is 0. The van der Waals surface area contributed by atoms with E-state index in [1.165, 1.54) is 0 Å². The van der Waals surface area contributed by atoms with E-state index in [4.69, 9.17) is 19.3 Å². The second-order valence-corrected chi connectivity index (χ2v) is 5.57. The molecule has 2 heterocycles. The Morgan fingerprint density at radius 3 is 1.83 bits per heavy atom. The van der Waals surface area contributed by atoms with Crippen LogP contribution in [0.25, 0.3) is 0 Å². The summed E-state index contributed by atoms with van der Waals surface area (Å²) in [6.07, 6.45) is -15.3. The van der Waals surface area contributed by atoms with Gasteiger partial charge in [0.25, 0.3) is 0 Å². The first-order valence-electron chi connectivity index (χ1n) is 7.07. The van der Waals surface area contributed by atoms with Gasteiger partial charge < -0.3 is 55.1 Å². The van der Waals surface area contributed by atoms with Gasteiger partial charge in [0.05, 0.1) is 13.2 Å². The Morgan fingerprint density at radius 2 is 1.22 bits per heavy atom. The predicted octanol–water partition coefficient (Wildman–Crippen LogP) is -5.40. The lowest BCUT2D eigenvalue weighted by atomic mass is 9.98. The molecule has 0 aliphatic carbocycles. The molecule has 0 radical (unpaired) electrons.